The molecule has 1 saturated carbocycles. The van der Waals surface area contributed by atoms with Crippen molar-refractivity contribution < 1.29 is 9.47 Å². The Kier molecular flexibility index (Phi) is 6.09. The van der Waals surface area contributed by atoms with Gasteiger partial charge in [0.05, 0.1) is 13.2 Å². The number of rotatable bonds is 10. The van der Waals surface area contributed by atoms with E-state index in [2.05, 4.69) is 24.0 Å². The molecule has 1 N–H and O–H groups in total. The zero-order valence-corrected chi connectivity index (χ0v) is 12.4. The lowest BCUT2D eigenvalue weighted by atomic mass is 10.2. The van der Waals surface area contributed by atoms with E-state index in [1.54, 1.807) is 0 Å². The summed E-state index contributed by atoms with van der Waals surface area (Å²) in [6.45, 7) is 8.70. The fourth-order valence-electron chi connectivity index (χ4n) is 1.89. The predicted octanol–water partition coefficient (Wildman–Crippen LogP) is 3.30. The number of nitrogens with one attached hydrogen (secondary N) is 1. The van der Waals surface area contributed by atoms with Crippen molar-refractivity contribution in [2.24, 2.45) is 0 Å². The van der Waals surface area contributed by atoms with Crippen LogP contribution in [0.5, 0.6) is 5.75 Å². The largest absolute Gasteiger partial charge is 0.491 e. The van der Waals surface area contributed by atoms with Crippen molar-refractivity contribution in [3.05, 3.63) is 42.0 Å². The van der Waals surface area contributed by atoms with Gasteiger partial charge in [0.1, 0.15) is 12.4 Å². The highest BCUT2D eigenvalue weighted by Gasteiger charge is 2.20. The van der Waals surface area contributed by atoms with Crippen molar-refractivity contribution in [3.8, 4) is 5.75 Å². The molecule has 0 unspecified atom stereocenters. The second-order valence-corrected chi connectivity index (χ2v) is 5.43. The van der Waals surface area contributed by atoms with Crippen LogP contribution in [0, 0.1) is 0 Å². The number of hydrogen-bond donors (Lipinski definition) is 1. The number of benzene rings is 1. The van der Waals surface area contributed by atoms with Crippen LogP contribution in [0.2, 0.25) is 0 Å². The highest BCUT2D eigenvalue weighted by atomic mass is 16.5. The van der Waals surface area contributed by atoms with E-state index in [1.807, 2.05) is 19.1 Å². The minimum Gasteiger partial charge on any atom is -0.491 e. The molecule has 3 heteroatoms. The SMILES string of the molecule is C=C(C)CCOCCOc1ccccc1CNC1CC1. The molecule has 0 aromatic heterocycles. The van der Waals surface area contributed by atoms with Crippen LogP contribution in [-0.4, -0.2) is 25.9 Å². The minimum atomic E-state index is 0.594. The van der Waals surface area contributed by atoms with Gasteiger partial charge in [-0.25, -0.2) is 0 Å². The maximum Gasteiger partial charge on any atom is 0.123 e. The van der Waals surface area contributed by atoms with Crippen molar-refractivity contribution >= 4 is 0 Å². The van der Waals surface area contributed by atoms with Gasteiger partial charge in [-0.15, -0.1) is 6.58 Å². The van der Waals surface area contributed by atoms with Gasteiger partial charge in [-0.1, -0.05) is 23.8 Å². The van der Waals surface area contributed by atoms with Gasteiger partial charge < -0.3 is 14.8 Å². The van der Waals surface area contributed by atoms with E-state index in [4.69, 9.17) is 9.47 Å². The Labute approximate surface area is 122 Å². The van der Waals surface area contributed by atoms with E-state index in [0.29, 0.717) is 19.3 Å². The summed E-state index contributed by atoms with van der Waals surface area (Å²) in [6.07, 6.45) is 3.53. The maximum atomic E-state index is 5.81. The van der Waals surface area contributed by atoms with Crippen molar-refractivity contribution in [2.45, 2.75) is 38.8 Å². The van der Waals surface area contributed by atoms with Crippen LogP contribution >= 0.6 is 0 Å². The van der Waals surface area contributed by atoms with E-state index in [-0.39, 0.29) is 0 Å². The number of ether oxygens (including phenoxy) is 2. The Balaban J connectivity index is 1.67. The molecule has 0 radical (unpaired) electrons. The zero-order valence-electron chi connectivity index (χ0n) is 12.4. The molecule has 20 heavy (non-hydrogen) atoms. The first-order valence-corrected chi connectivity index (χ1v) is 7.42. The van der Waals surface area contributed by atoms with Gasteiger partial charge in [-0.3, -0.25) is 0 Å². The fourth-order valence-corrected chi connectivity index (χ4v) is 1.89. The van der Waals surface area contributed by atoms with Crippen LogP contribution in [-0.2, 0) is 11.3 Å². The second kappa shape index (κ2) is 8.08. The molecule has 1 aliphatic carbocycles. The Morgan fingerprint density at radius 1 is 1.25 bits per heavy atom. The minimum absolute atomic E-state index is 0.594. The molecular formula is C17H25NO2. The summed E-state index contributed by atoms with van der Waals surface area (Å²) >= 11 is 0. The highest BCUT2D eigenvalue weighted by Crippen LogP contribution is 2.22. The van der Waals surface area contributed by atoms with Gasteiger partial charge in [0, 0.05) is 18.2 Å². The quantitative estimate of drug-likeness (QED) is 0.525. The molecule has 0 atom stereocenters. The smallest absolute Gasteiger partial charge is 0.123 e. The molecule has 1 aromatic rings. The van der Waals surface area contributed by atoms with Gasteiger partial charge in [0.2, 0.25) is 0 Å². The average molecular weight is 275 g/mol. The van der Waals surface area contributed by atoms with Crippen LogP contribution in [0.25, 0.3) is 0 Å². The highest BCUT2D eigenvalue weighted by molar-refractivity contribution is 5.33. The maximum absolute atomic E-state index is 5.81. The summed E-state index contributed by atoms with van der Waals surface area (Å²) in [5.41, 5.74) is 2.38. The van der Waals surface area contributed by atoms with Gasteiger partial charge in [0.25, 0.3) is 0 Å². The second-order valence-electron chi connectivity index (χ2n) is 5.43. The van der Waals surface area contributed by atoms with E-state index >= 15 is 0 Å². The van der Waals surface area contributed by atoms with Crippen molar-refractivity contribution in [3.63, 3.8) is 0 Å². The third kappa shape index (κ3) is 5.76. The fraction of sp³-hybridized carbons (Fsp3) is 0.529. The molecule has 0 spiro atoms. The summed E-state index contributed by atoms with van der Waals surface area (Å²) in [6, 6.07) is 8.93. The molecule has 0 saturated heterocycles. The molecule has 3 nitrogen and oxygen atoms in total. The van der Waals surface area contributed by atoms with Crippen molar-refractivity contribution in [1.29, 1.82) is 0 Å². The summed E-state index contributed by atoms with van der Waals surface area (Å²) in [4.78, 5) is 0. The summed E-state index contributed by atoms with van der Waals surface area (Å²) < 4.78 is 11.3. The first kappa shape index (κ1) is 15.1. The van der Waals surface area contributed by atoms with Crippen LogP contribution in [0.4, 0.5) is 0 Å². The lowest BCUT2D eigenvalue weighted by Crippen LogP contribution is -2.16. The van der Waals surface area contributed by atoms with Gasteiger partial charge in [-0.05, 0) is 32.3 Å². The lowest BCUT2D eigenvalue weighted by Gasteiger charge is -2.12. The van der Waals surface area contributed by atoms with Gasteiger partial charge in [-0.2, -0.15) is 0 Å². The van der Waals surface area contributed by atoms with Crippen LogP contribution in [0.1, 0.15) is 31.7 Å². The van der Waals surface area contributed by atoms with E-state index < -0.39 is 0 Å². The lowest BCUT2D eigenvalue weighted by molar-refractivity contribution is 0.102. The molecule has 2 rings (SSSR count). The monoisotopic (exact) mass is 275 g/mol. The van der Waals surface area contributed by atoms with Crippen LogP contribution in [0.3, 0.4) is 0 Å². The third-order valence-corrected chi connectivity index (χ3v) is 3.29. The Bertz CT molecular complexity index is 427. The Morgan fingerprint density at radius 3 is 2.80 bits per heavy atom. The Morgan fingerprint density at radius 2 is 2.05 bits per heavy atom. The van der Waals surface area contributed by atoms with Gasteiger partial charge >= 0.3 is 0 Å². The standard InChI is InChI=1S/C17H25NO2/c1-14(2)9-10-19-11-12-20-17-6-4-3-5-15(17)13-18-16-7-8-16/h3-6,16,18H,1,7-13H2,2H3. The van der Waals surface area contributed by atoms with Gasteiger partial charge in [0.15, 0.2) is 0 Å². The topological polar surface area (TPSA) is 30.5 Å². The molecule has 0 aliphatic heterocycles. The summed E-state index contributed by atoms with van der Waals surface area (Å²) in [5.74, 6) is 0.962. The van der Waals surface area contributed by atoms with E-state index in [9.17, 15) is 0 Å². The zero-order chi connectivity index (χ0) is 14.2. The normalized spacial score (nSPS) is 14.2. The first-order valence-electron chi connectivity index (χ1n) is 7.42. The molecule has 110 valence electrons. The average Bonchev–Trinajstić information content (AvgIpc) is 3.25. The third-order valence-electron chi connectivity index (χ3n) is 3.29. The molecule has 1 fully saturated rings. The Hall–Kier alpha value is -1.32. The first-order chi connectivity index (χ1) is 9.75. The molecule has 1 aliphatic rings. The van der Waals surface area contributed by atoms with Crippen molar-refractivity contribution in [2.75, 3.05) is 19.8 Å². The molecule has 0 amide bonds. The van der Waals surface area contributed by atoms with E-state index in [1.165, 1.54) is 18.4 Å². The predicted molar refractivity (Wildman–Crippen MR) is 82.0 cm³/mol. The number of para-hydroxylation sites is 1. The van der Waals surface area contributed by atoms with Crippen LogP contribution in [0.15, 0.2) is 36.4 Å². The molecule has 1 aromatic carbocycles. The van der Waals surface area contributed by atoms with E-state index in [0.717, 1.165) is 30.9 Å². The molecule has 0 heterocycles. The number of hydrogen-bond acceptors (Lipinski definition) is 3. The summed E-state index contributed by atoms with van der Waals surface area (Å²) in [5, 5.41) is 3.52. The van der Waals surface area contributed by atoms with Crippen LogP contribution < -0.4 is 10.1 Å². The van der Waals surface area contributed by atoms with Crippen molar-refractivity contribution in [1.82, 2.24) is 5.32 Å². The summed E-state index contributed by atoms with van der Waals surface area (Å²) in [7, 11) is 0. The molecular weight excluding hydrogens is 250 g/mol. The molecule has 0 bridgehead atoms.